The van der Waals surface area contributed by atoms with Gasteiger partial charge in [0, 0.05) is 13.1 Å². The Bertz CT molecular complexity index is 1170. The normalized spacial score (nSPS) is 12.1. The molecule has 0 aliphatic heterocycles. The van der Waals surface area contributed by atoms with Gasteiger partial charge < -0.3 is 9.32 Å². The fourth-order valence-electron chi connectivity index (χ4n) is 3.85. The number of hydrogen-bond acceptors (Lipinski definition) is 4. The Hall–Kier alpha value is -2.90. The minimum atomic E-state index is -3.82. The Morgan fingerprint density at radius 1 is 0.914 bits per heavy atom. The van der Waals surface area contributed by atoms with Crippen molar-refractivity contribution in [2.75, 3.05) is 19.6 Å². The first-order valence-corrected chi connectivity index (χ1v) is 13.5. The molecule has 0 bridgehead atoms. The lowest BCUT2D eigenvalue weighted by Gasteiger charge is -2.27. The van der Waals surface area contributed by atoms with E-state index in [1.54, 1.807) is 29.4 Å². The molecule has 3 rings (SSSR count). The van der Waals surface area contributed by atoms with E-state index in [0.29, 0.717) is 31.7 Å². The van der Waals surface area contributed by atoms with E-state index < -0.39 is 10.0 Å². The SMILES string of the molecule is CCCN(CC(=O)N(CCc1ccccc1)Cc1ccco1)S(=O)(=O)c1ccc(C(C)(C)C)cc1. The van der Waals surface area contributed by atoms with E-state index in [4.69, 9.17) is 4.42 Å². The van der Waals surface area contributed by atoms with Gasteiger partial charge in [-0.25, -0.2) is 8.42 Å². The van der Waals surface area contributed by atoms with Crippen LogP contribution in [0.3, 0.4) is 0 Å². The molecule has 1 heterocycles. The van der Waals surface area contributed by atoms with Crippen molar-refractivity contribution in [1.29, 1.82) is 0 Å². The zero-order chi connectivity index (χ0) is 25.5. The van der Waals surface area contributed by atoms with E-state index in [9.17, 15) is 13.2 Å². The largest absolute Gasteiger partial charge is 0.467 e. The van der Waals surface area contributed by atoms with Gasteiger partial charge in [-0.15, -0.1) is 0 Å². The van der Waals surface area contributed by atoms with E-state index in [0.717, 1.165) is 11.1 Å². The van der Waals surface area contributed by atoms with Gasteiger partial charge in [-0.2, -0.15) is 4.31 Å². The third-order valence-corrected chi connectivity index (χ3v) is 7.79. The monoisotopic (exact) mass is 496 g/mol. The molecule has 6 nitrogen and oxygen atoms in total. The summed E-state index contributed by atoms with van der Waals surface area (Å²) in [6.45, 7) is 8.97. The molecular weight excluding hydrogens is 460 g/mol. The summed E-state index contributed by atoms with van der Waals surface area (Å²) in [6, 6.07) is 20.5. The van der Waals surface area contributed by atoms with Gasteiger partial charge in [0.1, 0.15) is 5.76 Å². The van der Waals surface area contributed by atoms with Gasteiger partial charge in [-0.05, 0) is 53.6 Å². The number of amides is 1. The number of carbonyl (C=O) groups is 1. The van der Waals surface area contributed by atoms with Crippen molar-refractivity contribution in [2.24, 2.45) is 0 Å². The van der Waals surface area contributed by atoms with Crippen molar-refractivity contribution >= 4 is 15.9 Å². The first-order valence-electron chi connectivity index (χ1n) is 12.1. The number of benzene rings is 2. The molecule has 188 valence electrons. The van der Waals surface area contributed by atoms with Crippen LogP contribution >= 0.6 is 0 Å². The van der Waals surface area contributed by atoms with Crippen LogP contribution in [0.25, 0.3) is 0 Å². The van der Waals surface area contributed by atoms with Crippen molar-refractivity contribution in [3.63, 3.8) is 0 Å². The maximum Gasteiger partial charge on any atom is 0.243 e. The molecule has 0 aliphatic carbocycles. The predicted molar refractivity (Wildman–Crippen MR) is 138 cm³/mol. The van der Waals surface area contributed by atoms with Crippen LogP contribution in [0.5, 0.6) is 0 Å². The minimum absolute atomic E-state index is 0.0769. The van der Waals surface area contributed by atoms with Crippen LogP contribution in [-0.2, 0) is 33.2 Å². The Labute approximate surface area is 209 Å². The molecule has 0 fully saturated rings. The smallest absolute Gasteiger partial charge is 0.243 e. The highest BCUT2D eigenvalue weighted by Gasteiger charge is 2.28. The lowest BCUT2D eigenvalue weighted by molar-refractivity contribution is -0.132. The van der Waals surface area contributed by atoms with Crippen molar-refractivity contribution in [1.82, 2.24) is 9.21 Å². The maximum atomic E-state index is 13.5. The van der Waals surface area contributed by atoms with E-state index in [1.165, 1.54) is 4.31 Å². The Morgan fingerprint density at radius 3 is 2.17 bits per heavy atom. The topological polar surface area (TPSA) is 70.8 Å². The van der Waals surface area contributed by atoms with Gasteiger partial charge in [-0.1, -0.05) is 70.2 Å². The highest BCUT2D eigenvalue weighted by molar-refractivity contribution is 7.89. The van der Waals surface area contributed by atoms with Crippen LogP contribution in [-0.4, -0.2) is 43.2 Å². The Morgan fingerprint density at radius 2 is 1.60 bits per heavy atom. The number of hydrogen-bond donors (Lipinski definition) is 0. The van der Waals surface area contributed by atoms with Gasteiger partial charge in [0.05, 0.1) is 24.2 Å². The lowest BCUT2D eigenvalue weighted by Crippen LogP contribution is -2.43. The molecule has 0 atom stereocenters. The molecule has 2 aromatic carbocycles. The summed E-state index contributed by atoms with van der Waals surface area (Å²) in [6.07, 6.45) is 2.85. The molecule has 0 unspecified atom stereocenters. The van der Waals surface area contributed by atoms with Crippen LogP contribution in [0, 0.1) is 0 Å². The standard InChI is InChI=1S/C28H36N2O4S/c1-5-18-30(35(32,33)26-15-13-24(14-16-26)28(2,3)4)22-27(31)29(21-25-12-9-20-34-25)19-17-23-10-7-6-8-11-23/h6-16,20H,5,17-19,21-22H2,1-4H3. The van der Waals surface area contributed by atoms with E-state index in [2.05, 4.69) is 20.8 Å². The van der Waals surface area contributed by atoms with Crippen LogP contribution in [0.2, 0.25) is 0 Å². The summed E-state index contributed by atoms with van der Waals surface area (Å²) in [5.74, 6) is 0.412. The highest BCUT2D eigenvalue weighted by atomic mass is 32.2. The molecule has 0 saturated carbocycles. The molecule has 1 amide bonds. The van der Waals surface area contributed by atoms with E-state index in [1.807, 2.05) is 55.5 Å². The summed E-state index contributed by atoms with van der Waals surface area (Å²) < 4.78 is 33.7. The average Bonchev–Trinajstić information content (AvgIpc) is 3.35. The quantitative estimate of drug-likeness (QED) is 0.364. The first-order chi connectivity index (χ1) is 16.6. The third kappa shape index (κ3) is 7.29. The molecule has 0 N–H and O–H groups in total. The number of nitrogens with zero attached hydrogens (tertiary/aromatic N) is 2. The first kappa shape index (κ1) is 26.7. The molecule has 0 aliphatic rings. The average molecular weight is 497 g/mol. The fraction of sp³-hybridized carbons (Fsp3) is 0.393. The molecule has 1 aromatic heterocycles. The molecule has 3 aromatic rings. The van der Waals surface area contributed by atoms with Crippen LogP contribution < -0.4 is 0 Å². The van der Waals surface area contributed by atoms with Crippen molar-refractivity contribution in [2.45, 2.75) is 57.4 Å². The summed E-state index contributed by atoms with van der Waals surface area (Å²) >= 11 is 0. The maximum absolute atomic E-state index is 13.5. The van der Waals surface area contributed by atoms with Gasteiger partial charge in [0.15, 0.2) is 0 Å². The van der Waals surface area contributed by atoms with Crippen molar-refractivity contribution in [3.05, 3.63) is 89.9 Å². The number of carbonyl (C=O) groups excluding carboxylic acids is 1. The Balaban J connectivity index is 1.79. The zero-order valence-electron chi connectivity index (χ0n) is 21.1. The summed E-state index contributed by atoms with van der Waals surface area (Å²) in [7, 11) is -3.82. The Kier molecular flexibility index (Phi) is 8.92. The summed E-state index contributed by atoms with van der Waals surface area (Å²) in [5, 5.41) is 0. The fourth-order valence-corrected chi connectivity index (χ4v) is 5.33. The molecule has 35 heavy (non-hydrogen) atoms. The van der Waals surface area contributed by atoms with E-state index >= 15 is 0 Å². The number of sulfonamides is 1. The molecule has 0 saturated heterocycles. The zero-order valence-corrected chi connectivity index (χ0v) is 21.9. The van der Waals surface area contributed by atoms with Crippen LogP contribution in [0.1, 0.15) is 51.0 Å². The number of furan rings is 1. The predicted octanol–water partition coefficient (Wildman–Crippen LogP) is 5.25. The third-order valence-electron chi connectivity index (χ3n) is 5.94. The molecular formula is C28H36N2O4S. The number of rotatable bonds is 11. The van der Waals surface area contributed by atoms with Gasteiger partial charge in [0.2, 0.25) is 15.9 Å². The summed E-state index contributed by atoms with van der Waals surface area (Å²) in [5.41, 5.74) is 2.09. The molecule has 0 spiro atoms. The minimum Gasteiger partial charge on any atom is -0.467 e. The highest BCUT2D eigenvalue weighted by Crippen LogP contribution is 2.25. The molecule has 7 heteroatoms. The van der Waals surface area contributed by atoms with Gasteiger partial charge >= 0.3 is 0 Å². The second kappa shape index (κ2) is 11.7. The van der Waals surface area contributed by atoms with Gasteiger partial charge in [-0.3, -0.25) is 4.79 Å². The van der Waals surface area contributed by atoms with Crippen molar-refractivity contribution < 1.29 is 17.6 Å². The van der Waals surface area contributed by atoms with Crippen LogP contribution in [0.15, 0.2) is 82.3 Å². The second-order valence-electron chi connectivity index (χ2n) is 9.74. The summed E-state index contributed by atoms with van der Waals surface area (Å²) in [4.78, 5) is 15.3. The second-order valence-corrected chi connectivity index (χ2v) is 11.7. The van der Waals surface area contributed by atoms with Crippen LogP contribution in [0.4, 0.5) is 0 Å². The molecule has 0 radical (unpaired) electrons. The lowest BCUT2D eigenvalue weighted by atomic mass is 9.87. The van der Waals surface area contributed by atoms with Gasteiger partial charge in [0.25, 0.3) is 0 Å². The van der Waals surface area contributed by atoms with Crippen molar-refractivity contribution in [3.8, 4) is 0 Å². The van der Waals surface area contributed by atoms with E-state index in [-0.39, 0.29) is 29.3 Å².